The van der Waals surface area contributed by atoms with Gasteiger partial charge in [0.05, 0.1) is 0 Å². The van der Waals surface area contributed by atoms with Gasteiger partial charge in [-0.15, -0.1) is 0 Å². The van der Waals surface area contributed by atoms with E-state index in [-0.39, 0.29) is 11.4 Å². The van der Waals surface area contributed by atoms with Crippen molar-refractivity contribution in [3.63, 3.8) is 0 Å². The van der Waals surface area contributed by atoms with E-state index in [9.17, 15) is 4.79 Å². The number of benzene rings is 1. The van der Waals surface area contributed by atoms with E-state index >= 15 is 0 Å². The van der Waals surface area contributed by atoms with Gasteiger partial charge in [0.15, 0.2) is 0 Å². The van der Waals surface area contributed by atoms with Crippen molar-refractivity contribution >= 4 is 5.91 Å². The Kier molecular flexibility index (Phi) is 5.05. The summed E-state index contributed by atoms with van der Waals surface area (Å²) in [5.41, 5.74) is 2.68. The molecule has 3 heteroatoms. The maximum atomic E-state index is 12.4. The molecule has 1 saturated carbocycles. The number of hydrogen-bond acceptors (Lipinski definition) is 2. The Morgan fingerprint density at radius 2 is 2.17 bits per heavy atom. The summed E-state index contributed by atoms with van der Waals surface area (Å²) in [5.74, 6) is 0.245. The fourth-order valence-corrected chi connectivity index (χ4v) is 3.87. The molecule has 126 valence electrons. The summed E-state index contributed by atoms with van der Waals surface area (Å²) in [7, 11) is 2.20. The lowest BCUT2D eigenvalue weighted by Crippen LogP contribution is -2.40. The third-order valence-corrected chi connectivity index (χ3v) is 5.51. The molecule has 1 aromatic rings. The lowest BCUT2D eigenvalue weighted by atomic mass is 9.98. The van der Waals surface area contributed by atoms with Crippen molar-refractivity contribution in [2.75, 3.05) is 13.6 Å². The average molecular weight is 314 g/mol. The Morgan fingerprint density at radius 1 is 1.35 bits per heavy atom. The molecule has 1 atom stereocenters. The number of rotatable bonds is 6. The summed E-state index contributed by atoms with van der Waals surface area (Å²) < 4.78 is 0. The fraction of sp³-hybridized carbons (Fsp3) is 0.650. The summed E-state index contributed by atoms with van der Waals surface area (Å²) in [6.07, 6.45) is 8.76. The molecule has 1 saturated heterocycles. The number of hydrogen-bond donors (Lipinski definition) is 1. The normalized spacial score (nSPS) is 23.5. The smallest absolute Gasteiger partial charge is 0.220 e. The van der Waals surface area contributed by atoms with Gasteiger partial charge in [-0.3, -0.25) is 4.79 Å². The number of carbonyl (C=O) groups is 1. The number of nitrogens with zero attached hydrogens (tertiary/aromatic N) is 1. The highest BCUT2D eigenvalue weighted by Gasteiger charge is 2.43. The third-order valence-electron chi connectivity index (χ3n) is 5.51. The molecule has 23 heavy (non-hydrogen) atoms. The first kappa shape index (κ1) is 16.5. The Balaban J connectivity index is 1.47. The average Bonchev–Trinajstić information content (AvgIpc) is 3.25. The summed E-state index contributed by atoms with van der Waals surface area (Å²) in [5, 5.41) is 3.33. The van der Waals surface area contributed by atoms with Crippen molar-refractivity contribution in [2.45, 2.75) is 69.9 Å². The summed E-state index contributed by atoms with van der Waals surface area (Å²) in [4.78, 5) is 14.8. The van der Waals surface area contributed by atoms with Crippen molar-refractivity contribution < 1.29 is 4.79 Å². The second-order valence-corrected chi connectivity index (χ2v) is 7.66. The number of carbonyl (C=O) groups excluding carboxylic acids is 1. The molecule has 1 aromatic carbocycles. The SMILES string of the molecule is Cc1cccc(CC2(NC(=O)CC[C@@H]3CCCCN3C)CC2)c1. The summed E-state index contributed by atoms with van der Waals surface area (Å²) in [6, 6.07) is 9.25. The van der Waals surface area contributed by atoms with Gasteiger partial charge < -0.3 is 10.2 Å². The second-order valence-electron chi connectivity index (χ2n) is 7.66. The van der Waals surface area contributed by atoms with E-state index in [0.29, 0.717) is 12.5 Å². The van der Waals surface area contributed by atoms with Crippen LogP contribution in [-0.4, -0.2) is 36.0 Å². The van der Waals surface area contributed by atoms with Crippen LogP contribution in [0.15, 0.2) is 24.3 Å². The van der Waals surface area contributed by atoms with Crippen molar-refractivity contribution in [3.8, 4) is 0 Å². The van der Waals surface area contributed by atoms with E-state index in [4.69, 9.17) is 0 Å². The first-order chi connectivity index (χ1) is 11.1. The van der Waals surface area contributed by atoms with Gasteiger partial charge in [0, 0.05) is 18.0 Å². The minimum absolute atomic E-state index is 0.0450. The zero-order valence-corrected chi connectivity index (χ0v) is 14.6. The molecular formula is C20H30N2O. The van der Waals surface area contributed by atoms with Gasteiger partial charge in [0.2, 0.25) is 5.91 Å². The molecule has 0 spiro atoms. The molecule has 0 unspecified atom stereocenters. The van der Waals surface area contributed by atoms with Crippen LogP contribution in [0.5, 0.6) is 0 Å². The van der Waals surface area contributed by atoms with Crippen LogP contribution in [-0.2, 0) is 11.2 Å². The Labute approximate surface area is 140 Å². The maximum absolute atomic E-state index is 12.4. The Hall–Kier alpha value is -1.35. The van der Waals surface area contributed by atoms with Crippen LogP contribution >= 0.6 is 0 Å². The van der Waals surface area contributed by atoms with Gasteiger partial charge in [-0.05, 0) is 64.6 Å². The molecule has 2 fully saturated rings. The predicted octanol–water partition coefficient (Wildman–Crippen LogP) is 3.45. The zero-order valence-electron chi connectivity index (χ0n) is 14.6. The topological polar surface area (TPSA) is 32.3 Å². The Bertz CT molecular complexity index is 550. The van der Waals surface area contributed by atoms with Crippen LogP contribution in [0.2, 0.25) is 0 Å². The largest absolute Gasteiger partial charge is 0.350 e. The molecule has 1 aliphatic carbocycles. The molecule has 0 bridgehead atoms. The van der Waals surface area contributed by atoms with Crippen molar-refractivity contribution in [1.29, 1.82) is 0 Å². The molecule has 1 heterocycles. The number of aryl methyl sites for hydroxylation is 1. The highest BCUT2D eigenvalue weighted by molar-refractivity contribution is 5.77. The lowest BCUT2D eigenvalue weighted by molar-refractivity contribution is -0.122. The van der Waals surface area contributed by atoms with E-state index in [0.717, 1.165) is 25.7 Å². The maximum Gasteiger partial charge on any atom is 0.220 e. The molecule has 1 aliphatic heterocycles. The van der Waals surface area contributed by atoms with E-state index < -0.39 is 0 Å². The van der Waals surface area contributed by atoms with Crippen LogP contribution in [0.1, 0.15) is 56.1 Å². The van der Waals surface area contributed by atoms with Crippen LogP contribution in [0.25, 0.3) is 0 Å². The second kappa shape index (κ2) is 7.04. The van der Waals surface area contributed by atoms with E-state index in [1.54, 1.807) is 0 Å². The van der Waals surface area contributed by atoms with E-state index in [1.165, 1.54) is 36.9 Å². The quantitative estimate of drug-likeness (QED) is 0.872. The van der Waals surface area contributed by atoms with Crippen LogP contribution < -0.4 is 5.32 Å². The van der Waals surface area contributed by atoms with Gasteiger partial charge in [-0.2, -0.15) is 0 Å². The third kappa shape index (κ3) is 4.57. The first-order valence-electron chi connectivity index (χ1n) is 9.13. The number of piperidine rings is 1. The highest BCUT2D eigenvalue weighted by Crippen LogP contribution is 2.39. The standard InChI is InChI=1S/C20H30N2O/c1-16-6-5-7-17(14-16)15-20(11-12-20)21-19(23)10-9-18-8-3-4-13-22(18)2/h5-7,14,18H,3-4,8-13,15H2,1-2H3,(H,21,23)/t18-/m0/s1. The summed E-state index contributed by atoms with van der Waals surface area (Å²) in [6.45, 7) is 3.31. The first-order valence-corrected chi connectivity index (χ1v) is 9.13. The summed E-state index contributed by atoms with van der Waals surface area (Å²) >= 11 is 0. The molecular weight excluding hydrogens is 284 g/mol. The number of likely N-dealkylation sites (tertiary alicyclic amines) is 1. The highest BCUT2D eigenvalue weighted by atomic mass is 16.1. The fourth-order valence-electron chi connectivity index (χ4n) is 3.87. The van der Waals surface area contributed by atoms with Crippen LogP contribution in [0, 0.1) is 6.92 Å². The minimum atomic E-state index is 0.0450. The molecule has 1 amide bonds. The minimum Gasteiger partial charge on any atom is -0.350 e. The van der Waals surface area contributed by atoms with Crippen molar-refractivity contribution in [3.05, 3.63) is 35.4 Å². The Morgan fingerprint density at radius 3 is 2.87 bits per heavy atom. The van der Waals surface area contributed by atoms with Crippen molar-refractivity contribution in [1.82, 2.24) is 10.2 Å². The molecule has 0 radical (unpaired) electrons. The van der Waals surface area contributed by atoms with Crippen molar-refractivity contribution in [2.24, 2.45) is 0 Å². The van der Waals surface area contributed by atoms with Gasteiger partial charge in [-0.1, -0.05) is 36.2 Å². The van der Waals surface area contributed by atoms with Crippen LogP contribution in [0.4, 0.5) is 0 Å². The van der Waals surface area contributed by atoms with E-state index in [1.807, 2.05) is 0 Å². The van der Waals surface area contributed by atoms with E-state index in [2.05, 4.69) is 48.5 Å². The lowest BCUT2D eigenvalue weighted by Gasteiger charge is -2.32. The zero-order chi connectivity index (χ0) is 16.3. The molecule has 3 nitrogen and oxygen atoms in total. The molecule has 0 aromatic heterocycles. The number of amides is 1. The molecule has 3 rings (SSSR count). The predicted molar refractivity (Wildman–Crippen MR) is 94.5 cm³/mol. The van der Waals surface area contributed by atoms with Gasteiger partial charge in [0.1, 0.15) is 0 Å². The van der Waals surface area contributed by atoms with Gasteiger partial charge in [-0.25, -0.2) is 0 Å². The van der Waals surface area contributed by atoms with Gasteiger partial charge in [0.25, 0.3) is 0 Å². The molecule has 1 N–H and O–H groups in total. The molecule has 2 aliphatic rings. The van der Waals surface area contributed by atoms with Gasteiger partial charge >= 0.3 is 0 Å². The number of nitrogens with one attached hydrogen (secondary N) is 1. The monoisotopic (exact) mass is 314 g/mol. The van der Waals surface area contributed by atoms with Crippen LogP contribution in [0.3, 0.4) is 0 Å².